The number of carbonyl (C=O) groups is 2. The minimum absolute atomic E-state index is 0.0421. The zero-order chi connectivity index (χ0) is 13.0. The van der Waals surface area contributed by atoms with Gasteiger partial charge in [0.2, 0.25) is 11.8 Å². The van der Waals surface area contributed by atoms with E-state index in [1.54, 1.807) is 0 Å². The molecule has 2 fully saturated rings. The van der Waals surface area contributed by atoms with Gasteiger partial charge in [-0.15, -0.1) is 0 Å². The van der Waals surface area contributed by atoms with Crippen LogP contribution in [-0.2, 0) is 9.59 Å². The molecule has 1 atom stereocenters. The Balaban J connectivity index is 1.64. The second-order valence-corrected chi connectivity index (χ2v) is 5.09. The molecule has 0 aromatic heterocycles. The van der Waals surface area contributed by atoms with Gasteiger partial charge in [0.05, 0.1) is 12.5 Å². The normalized spacial score (nSPS) is 25.4. The summed E-state index contributed by atoms with van der Waals surface area (Å²) in [6.07, 6.45) is 4.00. The molecule has 2 heterocycles. The zero-order valence-electron chi connectivity index (χ0n) is 11.2. The molecule has 5 heteroatoms. The van der Waals surface area contributed by atoms with Gasteiger partial charge in [-0.25, -0.2) is 0 Å². The van der Waals surface area contributed by atoms with Crippen LogP contribution in [0.3, 0.4) is 0 Å². The van der Waals surface area contributed by atoms with E-state index in [2.05, 4.69) is 10.2 Å². The van der Waals surface area contributed by atoms with Crippen molar-refractivity contribution in [3.05, 3.63) is 0 Å². The monoisotopic (exact) mass is 253 g/mol. The van der Waals surface area contributed by atoms with E-state index in [1.165, 1.54) is 30.8 Å². The van der Waals surface area contributed by atoms with Crippen LogP contribution in [0.1, 0.15) is 32.6 Å². The molecule has 1 unspecified atom stereocenters. The van der Waals surface area contributed by atoms with Crippen molar-refractivity contribution in [3.8, 4) is 0 Å². The summed E-state index contributed by atoms with van der Waals surface area (Å²) >= 11 is 0. The predicted molar refractivity (Wildman–Crippen MR) is 69.1 cm³/mol. The van der Waals surface area contributed by atoms with Gasteiger partial charge in [0.15, 0.2) is 0 Å². The van der Waals surface area contributed by atoms with Crippen molar-refractivity contribution in [3.63, 3.8) is 0 Å². The minimum atomic E-state index is -0.281. The molecule has 0 aromatic rings. The number of amides is 2. The Morgan fingerprint density at radius 3 is 2.61 bits per heavy atom. The maximum atomic E-state index is 11.8. The van der Waals surface area contributed by atoms with E-state index in [0.717, 1.165) is 19.5 Å². The van der Waals surface area contributed by atoms with Crippen LogP contribution in [0.2, 0.25) is 0 Å². The molecule has 0 saturated carbocycles. The van der Waals surface area contributed by atoms with Gasteiger partial charge in [-0.05, 0) is 52.4 Å². The Bertz CT molecular complexity index is 313. The SMILES string of the molecule is CCN1C(=O)CC(NCCCN2CCCC2)C1=O. The number of imide groups is 1. The second kappa shape index (κ2) is 6.29. The first-order chi connectivity index (χ1) is 8.72. The van der Waals surface area contributed by atoms with Crippen molar-refractivity contribution in [2.45, 2.75) is 38.6 Å². The standard InChI is InChI=1S/C13H23N3O2/c1-2-16-12(17)10-11(13(16)18)14-6-5-9-15-7-3-4-8-15/h11,14H,2-10H2,1H3. The minimum Gasteiger partial charge on any atom is -0.305 e. The van der Waals surface area contributed by atoms with Gasteiger partial charge in [-0.2, -0.15) is 0 Å². The van der Waals surface area contributed by atoms with Gasteiger partial charge >= 0.3 is 0 Å². The third kappa shape index (κ3) is 3.09. The van der Waals surface area contributed by atoms with E-state index in [4.69, 9.17) is 0 Å². The van der Waals surface area contributed by atoms with Gasteiger partial charge < -0.3 is 10.2 Å². The first kappa shape index (κ1) is 13.5. The van der Waals surface area contributed by atoms with Gasteiger partial charge in [-0.3, -0.25) is 14.5 Å². The molecule has 0 aromatic carbocycles. The molecule has 0 spiro atoms. The number of nitrogens with zero attached hydrogens (tertiary/aromatic N) is 2. The Morgan fingerprint density at radius 1 is 1.28 bits per heavy atom. The van der Waals surface area contributed by atoms with Gasteiger partial charge in [0, 0.05) is 6.54 Å². The van der Waals surface area contributed by atoms with Crippen LogP contribution in [0.5, 0.6) is 0 Å². The molecule has 1 N–H and O–H groups in total. The van der Waals surface area contributed by atoms with Crippen molar-refractivity contribution in [2.24, 2.45) is 0 Å². The number of carbonyl (C=O) groups excluding carboxylic acids is 2. The smallest absolute Gasteiger partial charge is 0.246 e. The fourth-order valence-corrected chi connectivity index (χ4v) is 2.76. The van der Waals surface area contributed by atoms with Crippen molar-refractivity contribution in [1.29, 1.82) is 0 Å². The van der Waals surface area contributed by atoms with Crippen LogP contribution in [0.15, 0.2) is 0 Å². The third-order valence-corrected chi connectivity index (χ3v) is 3.80. The Hall–Kier alpha value is -0.940. The lowest BCUT2D eigenvalue weighted by atomic mass is 10.2. The van der Waals surface area contributed by atoms with Crippen molar-refractivity contribution < 1.29 is 9.59 Å². The summed E-state index contributed by atoms with van der Waals surface area (Å²) < 4.78 is 0. The summed E-state index contributed by atoms with van der Waals surface area (Å²) in [5.41, 5.74) is 0. The van der Waals surface area contributed by atoms with E-state index in [9.17, 15) is 9.59 Å². The topological polar surface area (TPSA) is 52.7 Å². The fourth-order valence-electron chi connectivity index (χ4n) is 2.76. The highest BCUT2D eigenvalue weighted by molar-refractivity contribution is 6.05. The average Bonchev–Trinajstić information content (AvgIpc) is 2.94. The van der Waals surface area contributed by atoms with E-state index in [1.807, 2.05) is 6.92 Å². The summed E-state index contributed by atoms with van der Waals surface area (Å²) in [4.78, 5) is 27.2. The summed E-state index contributed by atoms with van der Waals surface area (Å²) in [7, 11) is 0. The van der Waals surface area contributed by atoms with Crippen molar-refractivity contribution in [2.75, 3.05) is 32.7 Å². The van der Waals surface area contributed by atoms with Gasteiger partial charge in [0.1, 0.15) is 0 Å². The van der Waals surface area contributed by atoms with E-state index < -0.39 is 0 Å². The molecule has 0 bridgehead atoms. The van der Waals surface area contributed by atoms with Crippen LogP contribution >= 0.6 is 0 Å². The highest BCUT2D eigenvalue weighted by atomic mass is 16.2. The van der Waals surface area contributed by atoms with Crippen molar-refractivity contribution >= 4 is 11.8 Å². The lowest BCUT2D eigenvalue weighted by Crippen LogP contribution is -2.39. The Kier molecular flexibility index (Phi) is 4.72. The molecule has 18 heavy (non-hydrogen) atoms. The molecule has 2 aliphatic heterocycles. The lowest BCUT2D eigenvalue weighted by molar-refractivity contribution is -0.138. The molecular weight excluding hydrogens is 230 g/mol. The lowest BCUT2D eigenvalue weighted by Gasteiger charge is -2.16. The number of rotatable bonds is 6. The molecule has 0 aliphatic carbocycles. The van der Waals surface area contributed by atoms with E-state index in [-0.39, 0.29) is 17.9 Å². The maximum absolute atomic E-state index is 11.8. The summed E-state index contributed by atoms with van der Waals surface area (Å²) in [6.45, 7) is 6.67. The third-order valence-electron chi connectivity index (χ3n) is 3.80. The number of nitrogens with one attached hydrogen (secondary N) is 1. The first-order valence-corrected chi connectivity index (χ1v) is 7.02. The highest BCUT2D eigenvalue weighted by Gasteiger charge is 2.36. The summed E-state index contributed by atoms with van der Waals surface area (Å²) in [5.74, 6) is -0.0942. The first-order valence-electron chi connectivity index (χ1n) is 7.02. The number of hydrogen-bond acceptors (Lipinski definition) is 4. The average molecular weight is 253 g/mol. The quantitative estimate of drug-likeness (QED) is 0.543. The van der Waals surface area contributed by atoms with Crippen LogP contribution in [0.4, 0.5) is 0 Å². The van der Waals surface area contributed by atoms with E-state index >= 15 is 0 Å². The number of likely N-dealkylation sites (N-methyl/N-ethyl adjacent to an activating group) is 1. The second-order valence-electron chi connectivity index (χ2n) is 5.09. The van der Waals surface area contributed by atoms with Crippen LogP contribution < -0.4 is 5.32 Å². The van der Waals surface area contributed by atoms with Crippen LogP contribution in [0.25, 0.3) is 0 Å². The molecular formula is C13H23N3O2. The molecule has 2 aliphatic rings. The molecule has 2 saturated heterocycles. The fraction of sp³-hybridized carbons (Fsp3) is 0.846. The Labute approximate surface area is 108 Å². The largest absolute Gasteiger partial charge is 0.305 e. The zero-order valence-corrected chi connectivity index (χ0v) is 11.2. The maximum Gasteiger partial charge on any atom is 0.246 e. The highest BCUT2D eigenvalue weighted by Crippen LogP contribution is 2.12. The summed E-state index contributed by atoms with van der Waals surface area (Å²) in [5, 5.41) is 3.21. The number of likely N-dealkylation sites (tertiary alicyclic amines) is 2. The van der Waals surface area contributed by atoms with Gasteiger partial charge in [0.25, 0.3) is 0 Å². The number of hydrogen-bond donors (Lipinski definition) is 1. The predicted octanol–water partition coefficient (Wildman–Crippen LogP) is 0.209. The van der Waals surface area contributed by atoms with Gasteiger partial charge in [-0.1, -0.05) is 0 Å². The van der Waals surface area contributed by atoms with Crippen molar-refractivity contribution in [1.82, 2.24) is 15.1 Å². The molecule has 102 valence electrons. The summed E-state index contributed by atoms with van der Waals surface area (Å²) in [6, 6.07) is -0.281. The molecule has 2 rings (SSSR count). The molecule has 2 amide bonds. The Morgan fingerprint density at radius 2 is 2.00 bits per heavy atom. The molecule has 0 radical (unpaired) electrons. The van der Waals surface area contributed by atoms with Crippen LogP contribution in [0, 0.1) is 0 Å². The molecule has 5 nitrogen and oxygen atoms in total. The van der Waals surface area contributed by atoms with E-state index in [0.29, 0.717) is 13.0 Å². The van der Waals surface area contributed by atoms with Crippen LogP contribution in [-0.4, -0.2) is 60.4 Å².